The van der Waals surface area contributed by atoms with E-state index in [-0.39, 0.29) is 11.3 Å². The predicted molar refractivity (Wildman–Crippen MR) is 74.4 cm³/mol. The Hall–Kier alpha value is -3.16. The number of rotatable bonds is 3. The van der Waals surface area contributed by atoms with Gasteiger partial charge in [0.15, 0.2) is 17.2 Å². The molecule has 8 heteroatoms. The first kappa shape index (κ1) is 12.9. The fraction of sp³-hybridized carbons (Fsp3) is 0.0769. The molecule has 3 aromatic rings. The summed E-state index contributed by atoms with van der Waals surface area (Å²) in [7, 11) is 1.25. The van der Waals surface area contributed by atoms with Crippen molar-refractivity contribution in [3.8, 4) is 5.75 Å². The number of carbonyl (C=O) groups is 1. The average molecular weight is 285 g/mol. The van der Waals surface area contributed by atoms with Gasteiger partial charge in [-0.25, -0.2) is 19.7 Å². The molecule has 8 nitrogen and oxygen atoms in total. The zero-order valence-electron chi connectivity index (χ0n) is 11.0. The van der Waals surface area contributed by atoms with Crippen molar-refractivity contribution in [2.75, 3.05) is 12.4 Å². The van der Waals surface area contributed by atoms with Crippen molar-refractivity contribution >= 4 is 28.6 Å². The van der Waals surface area contributed by atoms with E-state index in [2.05, 4.69) is 30.0 Å². The number of methoxy groups -OCH3 is 1. The van der Waals surface area contributed by atoms with E-state index in [0.29, 0.717) is 22.7 Å². The van der Waals surface area contributed by atoms with Crippen LogP contribution in [-0.2, 0) is 4.74 Å². The Bertz CT molecular complexity index is 814. The Morgan fingerprint density at radius 2 is 2.19 bits per heavy atom. The summed E-state index contributed by atoms with van der Waals surface area (Å²) in [5.74, 6) is -0.393. The molecule has 0 fully saturated rings. The van der Waals surface area contributed by atoms with E-state index in [1.807, 2.05) is 0 Å². The molecule has 0 atom stereocenters. The topological polar surface area (TPSA) is 113 Å². The van der Waals surface area contributed by atoms with Crippen LogP contribution in [0.1, 0.15) is 10.4 Å². The van der Waals surface area contributed by atoms with Crippen molar-refractivity contribution < 1.29 is 14.6 Å². The minimum atomic E-state index is -0.620. The van der Waals surface area contributed by atoms with Crippen LogP contribution in [0.25, 0.3) is 11.2 Å². The van der Waals surface area contributed by atoms with Crippen LogP contribution in [0.5, 0.6) is 5.75 Å². The molecule has 2 aromatic heterocycles. The summed E-state index contributed by atoms with van der Waals surface area (Å²) in [5.41, 5.74) is 1.49. The molecule has 2 heterocycles. The molecule has 0 radical (unpaired) electrons. The van der Waals surface area contributed by atoms with Crippen molar-refractivity contribution in [2.45, 2.75) is 0 Å². The second-order valence-electron chi connectivity index (χ2n) is 4.14. The van der Waals surface area contributed by atoms with E-state index in [1.54, 1.807) is 12.1 Å². The van der Waals surface area contributed by atoms with Gasteiger partial charge in [-0.05, 0) is 12.1 Å². The second kappa shape index (κ2) is 5.08. The highest BCUT2D eigenvalue weighted by Gasteiger charge is 2.16. The highest BCUT2D eigenvalue weighted by atomic mass is 16.5. The summed E-state index contributed by atoms with van der Waals surface area (Å²) in [5, 5.41) is 13.1. The number of H-pyrrole nitrogens is 1. The third-order valence-electron chi connectivity index (χ3n) is 2.92. The number of benzene rings is 1. The van der Waals surface area contributed by atoms with E-state index in [0.717, 1.165) is 0 Å². The molecule has 3 N–H and O–H groups in total. The maximum atomic E-state index is 11.6. The number of nitrogens with zero attached hydrogens (tertiary/aromatic N) is 3. The van der Waals surface area contributed by atoms with Crippen LogP contribution < -0.4 is 5.32 Å². The van der Waals surface area contributed by atoms with Gasteiger partial charge in [-0.15, -0.1) is 0 Å². The molecule has 106 valence electrons. The zero-order valence-corrected chi connectivity index (χ0v) is 11.0. The van der Waals surface area contributed by atoms with Gasteiger partial charge in [0.05, 0.1) is 19.1 Å². The van der Waals surface area contributed by atoms with Gasteiger partial charge in [0.2, 0.25) is 0 Å². The number of para-hydroxylation sites is 1. The summed E-state index contributed by atoms with van der Waals surface area (Å²) in [6.07, 6.45) is 2.85. The summed E-state index contributed by atoms with van der Waals surface area (Å²) < 4.78 is 4.61. The Morgan fingerprint density at radius 3 is 3.00 bits per heavy atom. The summed E-state index contributed by atoms with van der Waals surface area (Å²) >= 11 is 0. The third-order valence-corrected chi connectivity index (χ3v) is 2.92. The molecule has 1 aromatic carbocycles. The van der Waals surface area contributed by atoms with E-state index in [4.69, 9.17) is 0 Å². The number of ether oxygens (including phenoxy) is 1. The average Bonchev–Trinajstić information content (AvgIpc) is 2.98. The SMILES string of the molecule is COC(=O)c1cccc(Nc2ncnc3nc[nH]c23)c1O. The van der Waals surface area contributed by atoms with E-state index in [1.165, 1.54) is 25.8 Å². The standard InChI is InChI=1S/C13H11N5O3/c1-21-13(20)7-3-2-4-8(10(7)19)18-12-9-11(15-5-14-9)16-6-17-12/h2-6,19H,1H3,(H2,14,15,16,17,18). The van der Waals surface area contributed by atoms with Crippen molar-refractivity contribution in [3.05, 3.63) is 36.4 Å². The van der Waals surface area contributed by atoms with Gasteiger partial charge in [-0.2, -0.15) is 0 Å². The maximum Gasteiger partial charge on any atom is 0.341 e. The molecule has 0 unspecified atom stereocenters. The van der Waals surface area contributed by atoms with Crippen molar-refractivity contribution in [3.63, 3.8) is 0 Å². The number of anilines is 2. The number of carbonyl (C=O) groups excluding carboxylic acids is 1. The Morgan fingerprint density at radius 1 is 1.33 bits per heavy atom. The molecule has 21 heavy (non-hydrogen) atoms. The third kappa shape index (κ3) is 2.22. The molecular weight excluding hydrogens is 274 g/mol. The van der Waals surface area contributed by atoms with Crippen molar-refractivity contribution in [2.24, 2.45) is 0 Å². The van der Waals surface area contributed by atoms with Gasteiger partial charge in [0.25, 0.3) is 0 Å². The summed E-state index contributed by atoms with van der Waals surface area (Å²) in [6, 6.07) is 4.71. The normalized spacial score (nSPS) is 10.5. The molecule has 0 aliphatic carbocycles. The molecular formula is C13H11N5O3. The highest BCUT2D eigenvalue weighted by molar-refractivity contribution is 5.95. The van der Waals surface area contributed by atoms with Crippen LogP contribution in [0.2, 0.25) is 0 Å². The first-order valence-electron chi connectivity index (χ1n) is 6.02. The quantitative estimate of drug-likeness (QED) is 0.494. The maximum absolute atomic E-state index is 11.6. The Labute approximate surface area is 118 Å². The number of hydrogen-bond acceptors (Lipinski definition) is 7. The summed E-state index contributed by atoms with van der Waals surface area (Å²) in [6.45, 7) is 0. The lowest BCUT2D eigenvalue weighted by atomic mass is 10.1. The molecule has 0 saturated heterocycles. The number of aromatic nitrogens is 4. The number of aromatic hydroxyl groups is 1. The molecule has 0 aliphatic rings. The number of phenols is 1. The fourth-order valence-electron chi connectivity index (χ4n) is 1.91. The number of esters is 1. The molecule has 0 saturated carbocycles. The van der Waals surface area contributed by atoms with Crippen LogP contribution in [0, 0.1) is 0 Å². The number of fused-ring (bicyclic) bond motifs is 1. The zero-order chi connectivity index (χ0) is 14.8. The number of phenolic OH excluding ortho intramolecular Hbond substituents is 1. The molecule has 0 amide bonds. The van der Waals surface area contributed by atoms with Gasteiger partial charge in [-0.3, -0.25) is 0 Å². The fourth-order valence-corrected chi connectivity index (χ4v) is 1.91. The van der Waals surface area contributed by atoms with E-state index >= 15 is 0 Å². The predicted octanol–water partition coefficient (Wildman–Crippen LogP) is 1.59. The first-order chi connectivity index (χ1) is 10.2. The van der Waals surface area contributed by atoms with Crippen molar-refractivity contribution in [1.82, 2.24) is 19.9 Å². The summed E-state index contributed by atoms with van der Waals surface area (Å²) in [4.78, 5) is 26.6. The van der Waals surface area contributed by atoms with E-state index in [9.17, 15) is 9.90 Å². The number of imidazole rings is 1. The number of hydrogen-bond donors (Lipinski definition) is 3. The largest absolute Gasteiger partial charge is 0.505 e. The molecule has 0 spiro atoms. The van der Waals surface area contributed by atoms with Gasteiger partial charge >= 0.3 is 5.97 Å². The van der Waals surface area contributed by atoms with Gasteiger partial charge in [0, 0.05) is 0 Å². The Kier molecular flexibility index (Phi) is 3.11. The monoisotopic (exact) mass is 285 g/mol. The molecule has 0 aliphatic heterocycles. The van der Waals surface area contributed by atoms with Gasteiger partial charge in [0.1, 0.15) is 17.4 Å². The van der Waals surface area contributed by atoms with Crippen molar-refractivity contribution in [1.29, 1.82) is 0 Å². The smallest absolute Gasteiger partial charge is 0.341 e. The van der Waals surface area contributed by atoms with Gasteiger partial charge in [-0.1, -0.05) is 6.07 Å². The van der Waals surface area contributed by atoms with Gasteiger partial charge < -0.3 is 20.1 Å². The minimum absolute atomic E-state index is 0.0670. The first-order valence-corrected chi connectivity index (χ1v) is 6.02. The number of aromatic amines is 1. The molecule has 3 rings (SSSR count). The van der Waals surface area contributed by atoms with Crippen LogP contribution in [-0.4, -0.2) is 38.1 Å². The lowest BCUT2D eigenvalue weighted by Gasteiger charge is -2.10. The van der Waals surface area contributed by atoms with Crippen LogP contribution in [0.4, 0.5) is 11.5 Å². The van der Waals surface area contributed by atoms with Crippen LogP contribution >= 0.6 is 0 Å². The lowest BCUT2D eigenvalue weighted by molar-refractivity contribution is 0.0597. The van der Waals surface area contributed by atoms with Crippen LogP contribution in [0.15, 0.2) is 30.9 Å². The Balaban J connectivity index is 2.02. The van der Waals surface area contributed by atoms with Crippen LogP contribution in [0.3, 0.4) is 0 Å². The minimum Gasteiger partial charge on any atom is -0.505 e. The molecule has 0 bridgehead atoms. The number of nitrogens with one attached hydrogen (secondary N) is 2. The second-order valence-corrected chi connectivity index (χ2v) is 4.14. The highest BCUT2D eigenvalue weighted by Crippen LogP contribution is 2.31. The lowest BCUT2D eigenvalue weighted by Crippen LogP contribution is -2.03. The van der Waals surface area contributed by atoms with E-state index < -0.39 is 5.97 Å².